The van der Waals surface area contributed by atoms with Crippen LogP contribution in [0.5, 0.6) is 0 Å². The zero-order valence-electron chi connectivity index (χ0n) is 34.2. The van der Waals surface area contributed by atoms with E-state index in [1.165, 1.54) is 109 Å². The van der Waals surface area contributed by atoms with Crippen LogP contribution in [-0.2, 0) is 0 Å². The fourth-order valence-corrected chi connectivity index (χ4v) is 10.8. The van der Waals surface area contributed by atoms with Gasteiger partial charge in [0.1, 0.15) is 11.2 Å². The minimum absolute atomic E-state index is 0.901. The first-order valence-electron chi connectivity index (χ1n) is 21.8. The normalized spacial score (nSPS) is 12.1. The molecule has 1 heterocycles. The van der Waals surface area contributed by atoms with E-state index in [4.69, 9.17) is 4.42 Å². The highest BCUT2D eigenvalue weighted by atomic mass is 16.3. The SMILES string of the molecule is c1ccc(-c2ccc3ccc4c(-c5ccc(-c6cc(-c7cc8ccc9ccccc9c8c8ccccc78)c7oc8cc9ccccc9cc8c7c6)cc5)ccc5ccc2c3c54)cc1. The van der Waals surface area contributed by atoms with Gasteiger partial charge in [-0.1, -0.05) is 188 Å². The Morgan fingerprint density at radius 3 is 1.51 bits per heavy atom. The fraction of sp³-hybridized carbons (Fsp3) is 0. The predicted octanol–water partition coefficient (Wildman–Crippen LogP) is 17.8. The molecule has 0 aliphatic heterocycles. The molecular weight excluding hydrogens is 761 g/mol. The highest BCUT2D eigenvalue weighted by molar-refractivity contribution is 6.28. The summed E-state index contributed by atoms with van der Waals surface area (Å²) < 4.78 is 6.97. The number of benzene rings is 13. The fourth-order valence-electron chi connectivity index (χ4n) is 10.8. The first kappa shape index (κ1) is 34.5. The van der Waals surface area contributed by atoms with E-state index in [0.29, 0.717) is 0 Å². The molecule has 0 aliphatic rings. The summed E-state index contributed by atoms with van der Waals surface area (Å²) in [5, 5.41) is 19.9. The van der Waals surface area contributed by atoms with Gasteiger partial charge in [0, 0.05) is 16.3 Å². The van der Waals surface area contributed by atoms with Gasteiger partial charge in [-0.05, 0) is 145 Å². The van der Waals surface area contributed by atoms with Crippen molar-refractivity contribution in [1.29, 1.82) is 0 Å². The maximum atomic E-state index is 6.97. The lowest BCUT2D eigenvalue weighted by Crippen LogP contribution is -1.90. The molecule has 63 heavy (non-hydrogen) atoms. The minimum atomic E-state index is 0.901. The molecule has 0 atom stereocenters. The molecule has 0 saturated carbocycles. The summed E-state index contributed by atoms with van der Waals surface area (Å²) in [6.45, 7) is 0. The van der Waals surface area contributed by atoms with Crippen LogP contribution in [-0.4, -0.2) is 0 Å². The average molecular weight is 797 g/mol. The number of furan rings is 1. The van der Waals surface area contributed by atoms with Crippen LogP contribution in [0.2, 0.25) is 0 Å². The van der Waals surface area contributed by atoms with Gasteiger partial charge in [-0.2, -0.15) is 0 Å². The van der Waals surface area contributed by atoms with Crippen LogP contribution in [0.3, 0.4) is 0 Å². The molecule has 0 amide bonds. The first-order chi connectivity index (χ1) is 31.2. The Bertz CT molecular complexity index is 4170. The van der Waals surface area contributed by atoms with Crippen molar-refractivity contribution >= 4 is 97.3 Å². The third-order valence-corrected chi connectivity index (χ3v) is 13.8. The van der Waals surface area contributed by atoms with Gasteiger partial charge in [-0.15, -0.1) is 0 Å². The van der Waals surface area contributed by atoms with E-state index in [9.17, 15) is 0 Å². The molecule has 1 nitrogen and oxygen atoms in total. The predicted molar refractivity (Wildman–Crippen MR) is 269 cm³/mol. The second kappa shape index (κ2) is 13.1. The lowest BCUT2D eigenvalue weighted by molar-refractivity contribution is 0.670. The average Bonchev–Trinajstić information content (AvgIpc) is 3.71. The topological polar surface area (TPSA) is 13.1 Å². The molecule has 290 valence electrons. The van der Waals surface area contributed by atoms with Crippen molar-refractivity contribution in [1.82, 2.24) is 0 Å². The summed E-state index contributed by atoms with van der Waals surface area (Å²) in [6.07, 6.45) is 0. The van der Waals surface area contributed by atoms with E-state index in [0.717, 1.165) is 33.1 Å². The van der Waals surface area contributed by atoms with Crippen LogP contribution < -0.4 is 0 Å². The summed E-state index contributed by atoms with van der Waals surface area (Å²) in [6, 6.07) is 80.6. The molecule has 14 rings (SSSR count). The maximum Gasteiger partial charge on any atom is 0.143 e. The third-order valence-electron chi connectivity index (χ3n) is 13.8. The van der Waals surface area contributed by atoms with Crippen LogP contribution in [0.1, 0.15) is 0 Å². The van der Waals surface area contributed by atoms with Gasteiger partial charge < -0.3 is 4.42 Å². The van der Waals surface area contributed by atoms with E-state index in [-0.39, 0.29) is 0 Å². The first-order valence-corrected chi connectivity index (χ1v) is 21.8. The number of hydrogen-bond acceptors (Lipinski definition) is 1. The van der Waals surface area contributed by atoms with Crippen LogP contribution >= 0.6 is 0 Å². The molecule has 14 aromatic rings. The molecule has 0 N–H and O–H groups in total. The molecule has 0 aliphatic carbocycles. The van der Waals surface area contributed by atoms with Crippen molar-refractivity contribution in [3.05, 3.63) is 218 Å². The van der Waals surface area contributed by atoms with Crippen molar-refractivity contribution in [3.63, 3.8) is 0 Å². The van der Waals surface area contributed by atoms with Crippen molar-refractivity contribution in [2.24, 2.45) is 0 Å². The Balaban J connectivity index is 0.972. The molecule has 1 aromatic heterocycles. The van der Waals surface area contributed by atoms with Crippen molar-refractivity contribution < 1.29 is 4.42 Å². The van der Waals surface area contributed by atoms with Crippen LogP contribution in [0.4, 0.5) is 0 Å². The van der Waals surface area contributed by atoms with Gasteiger partial charge >= 0.3 is 0 Å². The van der Waals surface area contributed by atoms with E-state index in [2.05, 4.69) is 218 Å². The van der Waals surface area contributed by atoms with Gasteiger partial charge in [0.05, 0.1) is 0 Å². The lowest BCUT2D eigenvalue weighted by Gasteiger charge is -2.17. The summed E-state index contributed by atoms with van der Waals surface area (Å²) in [5.41, 5.74) is 11.4. The summed E-state index contributed by atoms with van der Waals surface area (Å²) >= 11 is 0. The number of rotatable bonds is 4. The van der Waals surface area contributed by atoms with E-state index in [1.807, 2.05) is 0 Å². The molecule has 0 spiro atoms. The lowest BCUT2D eigenvalue weighted by atomic mass is 9.87. The van der Waals surface area contributed by atoms with Gasteiger partial charge in [-0.25, -0.2) is 0 Å². The molecule has 13 aromatic carbocycles. The zero-order valence-corrected chi connectivity index (χ0v) is 34.2. The van der Waals surface area contributed by atoms with Gasteiger partial charge in [-0.3, -0.25) is 0 Å². The quantitative estimate of drug-likeness (QED) is 0.162. The highest BCUT2D eigenvalue weighted by Gasteiger charge is 2.20. The highest BCUT2D eigenvalue weighted by Crippen LogP contribution is 2.46. The monoisotopic (exact) mass is 796 g/mol. The summed E-state index contributed by atoms with van der Waals surface area (Å²) in [7, 11) is 0. The van der Waals surface area contributed by atoms with E-state index >= 15 is 0 Å². The van der Waals surface area contributed by atoms with Gasteiger partial charge in [0.2, 0.25) is 0 Å². The van der Waals surface area contributed by atoms with Crippen molar-refractivity contribution in [2.45, 2.75) is 0 Å². The van der Waals surface area contributed by atoms with Crippen LogP contribution in [0, 0.1) is 0 Å². The Labute approximate surface area is 363 Å². The largest absolute Gasteiger partial charge is 0.455 e. The van der Waals surface area contributed by atoms with Gasteiger partial charge in [0.15, 0.2) is 0 Å². The Morgan fingerprint density at radius 2 is 0.778 bits per heavy atom. The van der Waals surface area contributed by atoms with E-state index in [1.54, 1.807) is 0 Å². The van der Waals surface area contributed by atoms with Crippen molar-refractivity contribution in [2.75, 3.05) is 0 Å². The zero-order chi connectivity index (χ0) is 41.2. The number of fused-ring (bicyclic) bond motifs is 9. The molecule has 0 radical (unpaired) electrons. The molecular formula is C62H36O. The Kier molecular flexibility index (Phi) is 7.17. The number of hydrogen-bond donors (Lipinski definition) is 0. The van der Waals surface area contributed by atoms with Crippen LogP contribution in [0.15, 0.2) is 223 Å². The Morgan fingerprint density at radius 1 is 0.222 bits per heavy atom. The maximum absolute atomic E-state index is 6.97. The molecule has 0 saturated heterocycles. The molecule has 0 bridgehead atoms. The third kappa shape index (κ3) is 5.11. The van der Waals surface area contributed by atoms with E-state index < -0.39 is 0 Å². The minimum Gasteiger partial charge on any atom is -0.455 e. The van der Waals surface area contributed by atoms with Gasteiger partial charge in [0.25, 0.3) is 0 Å². The summed E-state index contributed by atoms with van der Waals surface area (Å²) in [5.74, 6) is 0. The second-order valence-corrected chi connectivity index (χ2v) is 17.1. The molecule has 0 fully saturated rings. The smallest absolute Gasteiger partial charge is 0.143 e. The summed E-state index contributed by atoms with van der Waals surface area (Å²) in [4.78, 5) is 0. The second-order valence-electron chi connectivity index (χ2n) is 17.1. The standard InChI is InChI=1S/C62H36O/c1-2-10-38(11-3-1)47-28-24-41-27-31-53-48(29-25-42-26-30-52(47)60(41)61(42)53)40-20-18-37(19-21-40)46-34-56(62-57(35-46)55-32-43-13-4-5-14-44(43)36-58(55)63-62)54-33-45-23-22-39-12-6-7-15-49(39)59(45)51-17-9-8-16-50(51)54/h1-36H. The molecule has 1 heteroatoms. The molecule has 0 unspecified atom stereocenters. The van der Waals surface area contributed by atoms with Crippen LogP contribution in [0.25, 0.3) is 142 Å². The Hall–Kier alpha value is -8.26. The van der Waals surface area contributed by atoms with Crippen molar-refractivity contribution in [3.8, 4) is 44.5 Å².